The number of rotatable bonds is 8. The van der Waals surface area contributed by atoms with Crippen molar-refractivity contribution in [3.8, 4) is 0 Å². The lowest BCUT2D eigenvalue weighted by molar-refractivity contribution is 0.389. The summed E-state index contributed by atoms with van der Waals surface area (Å²) in [7, 11) is 0. The molecule has 2 aliphatic carbocycles. The number of hydrogen-bond acceptors (Lipinski definition) is 1. The Labute approximate surface area is 310 Å². The Morgan fingerprint density at radius 1 is 0.816 bits per heavy atom. The third-order valence-electron chi connectivity index (χ3n) is 9.14. The molecule has 284 valence electrons. The molecule has 3 unspecified atom stereocenters. The van der Waals surface area contributed by atoms with E-state index in [-0.39, 0.29) is 7.43 Å². The summed E-state index contributed by atoms with van der Waals surface area (Å²) in [6.45, 7) is 53.3. The van der Waals surface area contributed by atoms with Crippen LogP contribution in [0.4, 0.5) is 0 Å². The fourth-order valence-corrected chi connectivity index (χ4v) is 7.19. The van der Waals surface area contributed by atoms with Crippen LogP contribution >= 0.6 is 0 Å². The van der Waals surface area contributed by atoms with Gasteiger partial charge in [0.1, 0.15) is 0 Å². The summed E-state index contributed by atoms with van der Waals surface area (Å²) in [5, 5.41) is 0. The van der Waals surface area contributed by atoms with Crippen LogP contribution < -0.4 is 5.73 Å². The van der Waals surface area contributed by atoms with E-state index in [9.17, 15) is 0 Å². The van der Waals surface area contributed by atoms with Crippen LogP contribution in [0, 0.1) is 31.6 Å². The lowest BCUT2D eigenvalue weighted by atomic mass is 9.65. The lowest BCUT2D eigenvalue weighted by Gasteiger charge is -2.40. The van der Waals surface area contributed by atoms with E-state index >= 15 is 0 Å². The first-order valence-corrected chi connectivity index (χ1v) is 19.7. The predicted octanol–water partition coefficient (Wildman–Crippen LogP) is 16.1. The third-order valence-corrected chi connectivity index (χ3v) is 9.14. The fraction of sp³-hybridized carbons (Fsp3) is 0.625. The van der Waals surface area contributed by atoms with Crippen molar-refractivity contribution < 1.29 is 0 Å². The van der Waals surface area contributed by atoms with Gasteiger partial charge in [0.15, 0.2) is 0 Å². The molecular formula is C48H87N. The smallest absolute Gasteiger partial charge is 0.0316 e. The number of allylic oxidation sites excluding steroid dienone is 6. The molecule has 0 saturated carbocycles. The standard InChI is InChI=1S/C30H41N.C7H16.C4H8.3C2H6.CH4/c1-11-24-13-16(3)26-15-18(5)27(21(8)30(26)19(24)6)20(7)29-22(9)28(23(10)31)17(4)14-25(29)12-2;1-3-5-7-6-4-2;1-4(2)3;3*1-2;/h13,18,25,29H,8-12,14-15,31H2,1-7H3;3-7H2,1-2H3;1H2,2-3H3;3*1-2H3;1H4/b27-20+;;;;;;. The maximum atomic E-state index is 6.22. The minimum atomic E-state index is 0. The van der Waals surface area contributed by atoms with Gasteiger partial charge in [-0.25, -0.2) is 0 Å². The van der Waals surface area contributed by atoms with Crippen molar-refractivity contribution >= 4 is 5.57 Å². The third kappa shape index (κ3) is 15.9. The van der Waals surface area contributed by atoms with Gasteiger partial charge < -0.3 is 5.73 Å². The molecule has 2 N–H and O–H groups in total. The van der Waals surface area contributed by atoms with E-state index in [1.54, 1.807) is 0 Å². The van der Waals surface area contributed by atoms with Crippen molar-refractivity contribution in [3.63, 3.8) is 0 Å². The van der Waals surface area contributed by atoms with Gasteiger partial charge in [0.05, 0.1) is 0 Å². The number of fused-ring (bicyclic) bond motifs is 1. The first-order chi connectivity index (χ1) is 22.7. The van der Waals surface area contributed by atoms with Crippen LogP contribution in [0.3, 0.4) is 0 Å². The Bertz CT molecular complexity index is 1190. The molecule has 1 aromatic carbocycles. The normalized spacial score (nSPS) is 18.4. The molecule has 0 aliphatic heterocycles. The van der Waals surface area contributed by atoms with Gasteiger partial charge in [-0.15, -0.1) is 6.58 Å². The molecule has 49 heavy (non-hydrogen) atoms. The number of hydrogen-bond donors (Lipinski definition) is 1. The highest BCUT2D eigenvalue weighted by Gasteiger charge is 2.36. The monoisotopic (exact) mass is 678 g/mol. The quantitative estimate of drug-likeness (QED) is 0.215. The Morgan fingerprint density at radius 3 is 1.67 bits per heavy atom. The summed E-state index contributed by atoms with van der Waals surface area (Å²) < 4.78 is 0. The summed E-state index contributed by atoms with van der Waals surface area (Å²) >= 11 is 0. The van der Waals surface area contributed by atoms with E-state index < -0.39 is 0 Å². The number of benzene rings is 1. The number of aryl methyl sites for hydroxylation is 2. The highest BCUT2D eigenvalue weighted by Crippen LogP contribution is 2.49. The maximum absolute atomic E-state index is 6.22. The molecule has 1 heteroatoms. The van der Waals surface area contributed by atoms with Crippen LogP contribution in [0.25, 0.3) is 5.57 Å². The molecule has 1 nitrogen and oxygen atoms in total. The Balaban J connectivity index is -0.000000474. The van der Waals surface area contributed by atoms with E-state index in [0.717, 1.165) is 36.8 Å². The summed E-state index contributed by atoms with van der Waals surface area (Å²) in [6.07, 6.45) is 11.3. The first kappa shape index (κ1) is 53.3. The summed E-state index contributed by atoms with van der Waals surface area (Å²) in [6, 6.07) is 2.39. The number of unbranched alkanes of at least 4 members (excludes halogenated alkanes) is 4. The van der Waals surface area contributed by atoms with Crippen LogP contribution in [-0.4, -0.2) is 0 Å². The molecule has 3 rings (SSSR count). The summed E-state index contributed by atoms with van der Waals surface area (Å²) in [4.78, 5) is 0. The minimum Gasteiger partial charge on any atom is -0.399 e. The van der Waals surface area contributed by atoms with Gasteiger partial charge in [0.25, 0.3) is 0 Å². The predicted molar refractivity (Wildman–Crippen MR) is 233 cm³/mol. The molecular weight excluding hydrogens is 591 g/mol. The van der Waals surface area contributed by atoms with Crippen molar-refractivity contribution in [2.75, 3.05) is 0 Å². The molecule has 0 radical (unpaired) electrons. The van der Waals surface area contributed by atoms with Gasteiger partial charge >= 0.3 is 0 Å². The Kier molecular flexibility index (Phi) is 31.8. The minimum absolute atomic E-state index is 0. The highest BCUT2D eigenvalue weighted by molar-refractivity contribution is 5.85. The Morgan fingerprint density at radius 2 is 1.29 bits per heavy atom. The van der Waals surface area contributed by atoms with Gasteiger partial charge in [-0.1, -0.05) is 165 Å². The van der Waals surface area contributed by atoms with Crippen molar-refractivity contribution in [1.82, 2.24) is 0 Å². The topological polar surface area (TPSA) is 26.0 Å². The molecule has 0 saturated heterocycles. The van der Waals surface area contributed by atoms with E-state index in [0.29, 0.717) is 23.5 Å². The second kappa shape index (κ2) is 29.2. The zero-order valence-corrected chi connectivity index (χ0v) is 35.6. The van der Waals surface area contributed by atoms with Crippen LogP contribution in [0.2, 0.25) is 0 Å². The maximum Gasteiger partial charge on any atom is 0.0316 e. The van der Waals surface area contributed by atoms with E-state index in [4.69, 9.17) is 5.73 Å². The summed E-state index contributed by atoms with van der Waals surface area (Å²) in [5.74, 6) is 1.30. The van der Waals surface area contributed by atoms with Crippen LogP contribution in [0.5, 0.6) is 0 Å². The fourth-order valence-electron chi connectivity index (χ4n) is 7.19. The highest BCUT2D eigenvalue weighted by atomic mass is 14.6. The SMILES string of the molecule is C.C=C(C)C.C=C(N)C1=C(C)CC(CC)C(/C(C)=C2/C(=C)c3c(C)c(CC)cc(C)c3CC2C)C1=C.CC.CC.CC.CCCCCCC. The van der Waals surface area contributed by atoms with Gasteiger partial charge in [-0.3, -0.25) is 0 Å². The lowest BCUT2D eigenvalue weighted by Crippen LogP contribution is -2.28. The molecule has 0 aromatic heterocycles. The zero-order valence-electron chi connectivity index (χ0n) is 35.6. The Hall–Kier alpha value is -2.54. The van der Waals surface area contributed by atoms with Crippen LogP contribution in [-0.2, 0) is 12.8 Å². The molecule has 2 aliphatic rings. The van der Waals surface area contributed by atoms with Crippen molar-refractivity contribution in [1.29, 1.82) is 0 Å². The average Bonchev–Trinajstić information content (AvgIpc) is 3.05. The second-order valence-electron chi connectivity index (χ2n) is 13.2. The second-order valence-corrected chi connectivity index (χ2v) is 13.2. The van der Waals surface area contributed by atoms with Crippen LogP contribution in [0.15, 0.2) is 71.5 Å². The zero-order chi connectivity index (χ0) is 38.3. The molecule has 0 heterocycles. The summed E-state index contributed by atoms with van der Waals surface area (Å²) in [5.41, 5.74) is 22.9. The molecule has 0 fully saturated rings. The molecule has 0 amide bonds. The van der Waals surface area contributed by atoms with E-state index in [1.807, 2.05) is 55.4 Å². The number of nitrogens with two attached hydrogens (primary N) is 1. The molecule has 0 bridgehead atoms. The van der Waals surface area contributed by atoms with Crippen molar-refractivity contribution in [3.05, 3.63) is 99.3 Å². The van der Waals surface area contributed by atoms with Gasteiger partial charge in [-0.2, -0.15) is 0 Å². The van der Waals surface area contributed by atoms with Crippen molar-refractivity contribution in [2.45, 2.75) is 183 Å². The molecule has 3 atom stereocenters. The largest absolute Gasteiger partial charge is 0.399 e. The average molecular weight is 678 g/mol. The molecule has 0 spiro atoms. The van der Waals surface area contributed by atoms with E-state index in [1.165, 1.54) is 87.8 Å². The van der Waals surface area contributed by atoms with Gasteiger partial charge in [-0.05, 0) is 123 Å². The molecule has 1 aromatic rings. The van der Waals surface area contributed by atoms with Crippen molar-refractivity contribution in [2.24, 2.45) is 23.5 Å². The van der Waals surface area contributed by atoms with Gasteiger partial charge in [0, 0.05) is 11.6 Å². The van der Waals surface area contributed by atoms with Crippen LogP contribution in [0.1, 0.15) is 184 Å². The van der Waals surface area contributed by atoms with Gasteiger partial charge in [0.2, 0.25) is 0 Å². The van der Waals surface area contributed by atoms with E-state index in [2.05, 4.69) is 94.7 Å². The first-order valence-electron chi connectivity index (χ1n) is 19.7.